The Morgan fingerprint density at radius 2 is 2.17 bits per heavy atom. The van der Waals surface area contributed by atoms with E-state index in [1.165, 1.54) is 0 Å². The van der Waals surface area contributed by atoms with Gasteiger partial charge in [-0.25, -0.2) is 4.68 Å². The van der Waals surface area contributed by atoms with Crippen LogP contribution in [0.15, 0.2) is 18.2 Å². The van der Waals surface area contributed by atoms with E-state index < -0.39 is 0 Å². The molecule has 0 amide bonds. The van der Waals surface area contributed by atoms with Gasteiger partial charge in [0.15, 0.2) is 0 Å². The standard InChI is InChI=1S/C13H18ClN3O/c1-4-18-9-13(2,3)8-17-12-10(14)6-5-7-11(12)15-16-17/h5-7H,4,8-9H2,1-3H3. The summed E-state index contributed by atoms with van der Waals surface area (Å²) in [5.41, 5.74) is 1.72. The maximum Gasteiger partial charge on any atom is 0.114 e. The molecule has 98 valence electrons. The molecule has 0 aliphatic heterocycles. The maximum absolute atomic E-state index is 6.20. The molecule has 1 aromatic carbocycles. The van der Waals surface area contributed by atoms with Crippen LogP contribution < -0.4 is 0 Å². The van der Waals surface area contributed by atoms with Crippen molar-refractivity contribution in [2.75, 3.05) is 13.2 Å². The molecule has 0 spiro atoms. The largest absolute Gasteiger partial charge is 0.381 e. The summed E-state index contributed by atoms with van der Waals surface area (Å²) in [6, 6.07) is 5.66. The Morgan fingerprint density at radius 1 is 1.39 bits per heavy atom. The molecule has 5 heteroatoms. The molecule has 1 heterocycles. The van der Waals surface area contributed by atoms with Crippen LogP contribution in [-0.2, 0) is 11.3 Å². The SMILES string of the molecule is CCOCC(C)(C)Cn1nnc2cccc(Cl)c21. The molecule has 0 aliphatic carbocycles. The Bertz CT molecular complexity index is 536. The highest BCUT2D eigenvalue weighted by Crippen LogP contribution is 2.25. The summed E-state index contributed by atoms with van der Waals surface area (Å²) >= 11 is 6.20. The van der Waals surface area contributed by atoms with Crippen LogP contribution in [0.25, 0.3) is 11.0 Å². The number of rotatable bonds is 5. The molecule has 1 aromatic heterocycles. The molecule has 0 radical (unpaired) electrons. The minimum absolute atomic E-state index is 0.00416. The number of halogens is 1. The molecular formula is C13H18ClN3O. The van der Waals surface area contributed by atoms with Crippen LogP contribution in [0.4, 0.5) is 0 Å². The van der Waals surface area contributed by atoms with Crippen molar-refractivity contribution < 1.29 is 4.74 Å². The quantitative estimate of drug-likeness (QED) is 0.836. The zero-order valence-electron chi connectivity index (χ0n) is 11.0. The van der Waals surface area contributed by atoms with Gasteiger partial charge in [-0.15, -0.1) is 5.10 Å². The normalized spacial score (nSPS) is 12.2. The smallest absolute Gasteiger partial charge is 0.114 e. The topological polar surface area (TPSA) is 39.9 Å². The molecule has 0 saturated heterocycles. The van der Waals surface area contributed by atoms with Gasteiger partial charge >= 0.3 is 0 Å². The Kier molecular flexibility index (Phi) is 3.88. The molecule has 18 heavy (non-hydrogen) atoms. The fourth-order valence-corrected chi connectivity index (χ4v) is 2.19. The number of fused-ring (bicyclic) bond motifs is 1. The van der Waals surface area contributed by atoms with Crippen molar-refractivity contribution in [2.24, 2.45) is 5.41 Å². The molecule has 0 atom stereocenters. The van der Waals surface area contributed by atoms with E-state index in [2.05, 4.69) is 24.2 Å². The van der Waals surface area contributed by atoms with Gasteiger partial charge in [0.05, 0.1) is 18.2 Å². The molecule has 0 unspecified atom stereocenters. The zero-order valence-corrected chi connectivity index (χ0v) is 11.7. The van der Waals surface area contributed by atoms with E-state index in [1.54, 1.807) is 0 Å². The third-order valence-electron chi connectivity index (χ3n) is 2.76. The summed E-state index contributed by atoms with van der Waals surface area (Å²) in [4.78, 5) is 0. The lowest BCUT2D eigenvalue weighted by Crippen LogP contribution is -2.26. The van der Waals surface area contributed by atoms with Gasteiger partial charge in [0, 0.05) is 12.0 Å². The minimum Gasteiger partial charge on any atom is -0.381 e. The Balaban J connectivity index is 2.26. The van der Waals surface area contributed by atoms with Crippen LogP contribution in [0, 0.1) is 5.41 Å². The summed E-state index contributed by atoms with van der Waals surface area (Å²) < 4.78 is 7.35. The number of nitrogens with zero attached hydrogens (tertiary/aromatic N) is 3. The van der Waals surface area contributed by atoms with E-state index in [0.29, 0.717) is 11.6 Å². The highest BCUT2D eigenvalue weighted by atomic mass is 35.5. The van der Waals surface area contributed by atoms with E-state index in [9.17, 15) is 0 Å². The first-order chi connectivity index (χ1) is 8.53. The molecule has 2 rings (SSSR count). The first kappa shape index (κ1) is 13.3. The van der Waals surface area contributed by atoms with Gasteiger partial charge < -0.3 is 4.74 Å². The maximum atomic E-state index is 6.20. The molecule has 0 fully saturated rings. The second-order valence-electron chi connectivity index (χ2n) is 5.16. The fourth-order valence-electron chi connectivity index (χ4n) is 1.93. The molecule has 0 bridgehead atoms. The predicted octanol–water partition coefficient (Wildman–Crippen LogP) is 3.15. The summed E-state index contributed by atoms with van der Waals surface area (Å²) in [6.45, 7) is 8.43. The highest BCUT2D eigenvalue weighted by molar-refractivity contribution is 6.34. The van der Waals surface area contributed by atoms with Crippen LogP contribution in [0.2, 0.25) is 5.02 Å². The van der Waals surface area contributed by atoms with Gasteiger partial charge in [0.1, 0.15) is 11.0 Å². The second-order valence-corrected chi connectivity index (χ2v) is 5.56. The van der Waals surface area contributed by atoms with Crippen molar-refractivity contribution in [3.63, 3.8) is 0 Å². The third-order valence-corrected chi connectivity index (χ3v) is 3.06. The average molecular weight is 268 g/mol. The molecular weight excluding hydrogens is 250 g/mol. The Morgan fingerprint density at radius 3 is 2.89 bits per heavy atom. The first-order valence-electron chi connectivity index (χ1n) is 6.09. The lowest BCUT2D eigenvalue weighted by molar-refractivity contribution is 0.0594. The summed E-state index contributed by atoms with van der Waals surface area (Å²) in [7, 11) is 0. The average Bonchev–Trinajstić information content (AvgIpc) is 2.71. The summed E-state index contributed by atoms with van der Waals surface area (Å²) in [6.07, 6.45) is 0. The van der Waals surface area contributed by atoms with E-state index >= 15 is 0 Å². The third kappa shape index (κ3) is 2.82. The summed E-state index contributed by atoms with van der Waals surface area (Å²) in [5, 5.41) is 8.99. The van der Waals surface area contributed by atoms with E-state index in [4.69, 9.17) is 16.3 Å². The van der Waals surface area contributed by atoms with Crippen LogP contribution in [-0.4, -0.2) is 28.2 Å². The van der Waals surface area contributed by atoms with Crippen LogP contribution in [0.3, 0.4) is 0 Å². The number of hydrogen-bond acceptors (Lipinski definition) is 3. The lowest BCUT2D eigenvalue weighted by Gasteiger charge is -2.24. The Hall–Kier alpha value is -1.13. The van der Waals surface area contributed by atoms with Crippen molar-refractivity contribution in [2.45, 2.75) is 27.3 Å². The van der Waals surface area contributed by atoms with Gasteiger partial charge in [-0.3, -0.25) is 0 Å². The Labute approximate surface area is 112 Å². The van der Waals surface area contributed by atoms with Crippen molar-refractivity contribution in [1.82, 2.24) is 15.0 Å². The summed E-state index contributed by atoms with van der Waals surface area (Å²) in [5.74, 6) is 0. The predicted molar refractivity (Wildman–Crippen MR) is 72.8 cm³/mol. The molecule has 4 nitrogen and oxygen atoms in total. The van der Waals surface area contributed by atoms with Gasteiger partial charge in [-0.2, -0.15) is 0 Å². The van der Waals surface area contributed by atoms with Gasteiger partial charge in [0.2, 0.25) is 0 Å². The van der Waals surface area contributed by atoms with Crippen molar-refractivity contribution >= 4 is 22.6 Å². The van der Waals surface area contributed by atoms with Gasteiger partial charge in [-0.1, -0.05) is 36.7 Å². The number of para-hydroxylation sites is 1. The lowest BCUT2D eigenvalue weighted by atomic mass is 9.95. The minimum atomic E-state index is -0.00416. The monoisotopic (exact) mass is 267 g/mol. The van der Waals surface area contributed by atoms with Crippen LogP contribution in [0.5, 0.6) is 0 Å². The van der Waals surface area contributed by atoms with Crippen LogP contribution in [0.1, 0.15) is 20.8 Å². The second kappa shape index (κ2) is 5.24. The van der Waals surface area contributed by atoms with Crippen molar-refractivity contribution in [3.05, 3.63) is 23.2 Å². The van der Waals surface area contributed by atoms with E-state index in [1.807, 2.05) is 29.8 Å². The number of ether oxygens (including phenoxy) is 1. The number of hydrogen-bond donors (Lipinski definition) is 0. The molecule has 0 aliphatic rings. The van der Waals surface area contributed by atoms with Crippen molar-refractivity contribution in [3.8, 4) is 0 Å². The van der Waals surface area contributed by atoms with Gasteiger partial charge in [-0.05, 0) is 19.1 Å². The fraction of sp³-hybridized carbons (Fsp3) is 0.538. The molecule has 0 saturated carbocycles. The van der Waals surface area contributed by atoms with Crippen molar-refractivity contribution in [1.29, 1.82) is 0 Å². The zero-order chi connectivity index (χ0) is 13.2. The van der Waals surface area contributed by atoms with E-state index in [-0.39, 0.29) is 5.41 Å². The number of aromatic nitrogens is 3. The highest BCUT2D eigenvalue weighted by Gasteiger charge is 2.21. The first-order valence-corrected chi connectivity index (χ1v) is 6.47. The van der Waals surface area contributed by atoms with Crippen LogP contribution >= 0.6 is 11.6 Å². The molecule has 0 N–H and O–H groups in total. The molecule has 2 aromatic rings. The van der Waals surface area contributed by atoms with E-state index in [0.717, 1.165) is 24.2 Å². The van der Waals surface area contributed by atoms with Gasteiger partial charge in [0.25, 0.3) is 0 Å². The number of benzene rings is 1.